The lowest BCUT2D eigenvalue weighted by molar-refractivity contribution is -0.129. The molecule has 0 aliphatic carbocycles. The van der Waals surface area contributed by atoms with E-state index in [1.54, 1.807) is 29.2 Å². The number of amides is 1. The Hall–Kier alpha value is -2.08. The van der Waals surface area contributed by atoms with Gasteiger partial charge in [-0.05, 0) is 12.0 Å². The molecule has 6 heteroatoms. The monoisotopic (exact) mass is 277 g/mol. The molecule has 1 atom stereocenters. The Bertz CT molecular complexity index is 499. The number of oxime groups is 1. The van der Waals surface area contributed by atoms with E-state index in [1.807, 2.05) is 0 Å². The third-order valence-electron chi connectivity index (χ3n) is 3.61. The Morgan fingerprint density at radius 3 is 2.65 bits per heavy atom. The van der Waals surface area contributed by atoms with E-state index in [0.29, 0.717) is 25.1 Å². The number of aliphatic hydroxyl groups excluding tert-OH is 1. The molecule has 4 N–H and O–H groups in total. The number of carbonyl (C=O) groups excluding carboxylic acids is 1. The second-order valence-electron chi connectivity index (χ2n) is 5.04. The molecule has 20 heavy (non-hydrogen) atoms. The molecule has 0 saturated carbocycles. The van der Waals surface area contributed by atoms with Gasteiger partial charge in [-0.2, -0.15) is 0 Å². The van der Waals surface area contributed by atoms with Crippen molar-refractivity contribution in [2.75, 3.05) is 19.7 Å². The third kappa shape index (κ3) is 3.27. The van der Waals surface area contributed by atoms with E-state index in [1.165, 1.54) is 0 Å². The summed E-state index contributed by atoms with van der Waals surface area (Å²) in [6.07, 6.45) is 1.19. The predicted octanol–water partition coefficient (Wildman–Crippen LogP) is 0.164. The summed E-state index contributed by atoms with van der Waals surface area (Å²) in [5.41, 5.74) is 6.98. The van der Waals surface area contributed by atoms with Crippen LogP contribution in [0.1, 0.15) is 17.5 Å². The lowest BCUT2D eigenvalue weighted by Crippen LogP contribution is -2.30. The minimum Gasteiger partial charge on any atom is -0.409 e. The molecule has 0 spiro atoms. The van der Waals surface area contributed by atoms with Gasteiger partial charge in [0.2, 0.25) is 5.91 Å². The summed E-state index contributed by atoms with van der Waals surface area (Å²) in [5.74, 6) is 0.326. The lowest BCUT2D eigenvalue weighted by Gasteiger charge is -2.16. The van der Waals surface area contributed by atoms with Gasteiger partial charge in [0.15, 0.2) is 5.84 Å². The van der Waals surface area contributed by atoms with Crippen LogP contribution in [0.5, 0.6) is 0 Å². The number of amidine groups is 1. The van der Waals surface area contributed by atoms with E-state index in [9.17, 15) is 4.79 Å². The van der Waals surface area contributed by atoms with Gasteiger partial charge < -0.3 is 20.9 Å². The Morgan fingerprint density at radius 1 is 1.40 bits per heavy atom. The highest BCUT2D eigenvalue weighted by atomic mass is 16.4. The van der Waals surface area contributed by atoms with Crippen molar-refractivity contribution < 1.29 is 15.1 Å². The molecule has 1 fully saturated rings. The first-order valence-electron chi connectivity index (χ1n) is 6.59. The molecule has 0 radical (unpaired) electrons. The molecule has 1 aliphatic rings. The maximum absolute atomic E-state index is 12.1. The van der Waals surface area contributed by atoms with Crippen LogP contribution < -0.4 is 5.73 Å². The Balaban J connectivity index is 1.95. The van der Waals surface area contributed by atoms with Crippen LogP contribution in [0, 0.1) is 5.92 Å². The molecule has 1 aliphatic heterocycles. The van der Waals surface area contributed by atoms with E-state index < -0.39 is 0 Å². The molecule has 0 bridgehead atoms. The molecule has 1 aromatic carbocycles. The van der Waals surface area contributed by atoms with Crippen molar-refractivity contribution >= 4 is 11.7 Å². The van der Waals surface area contributed by atoms with Crippen molar-refractivity contribution in [1.82, 2.24) is 4.90 Å². The summed E-state index contributed by atoms with van der Waals surface area (Å²) in [6, 6.07) is 7.03. The van der Waals surface area contributed by atoms with Crippen LogP contribution in [-0.2, 0) is 11.2 Å². The van der Waals surface area contributed by atoms with Crippen molar-refractivity contribution in [3.05, 3.63) is 35.4 Å². The molecular formula is C14H19N3O3. The Labute approximate surface area is 117 Å². The normalized spacial score (nSPS) is 19.4. The zero-order valence-electron chi connectivity index (χ0n) is 11.2. The summed E-state index contributed by atoms with van der Waals surface area (Å²) in [5, 5.41) is 20.6. The van der Waals surface area contributed by atoms with Gasteiger partial charge in [-0.3, -0.25) is 4.79 Å². The van der Waals surface area contributed by atoms with E-state index >= 15 is 0 Å². The molecule has 2 rings (SSSR count). The maximum Gasteiger partial charge on any atom is 0.227 e. The number of aliphatic hydroxyl groups is 1. The van der Waals surface area contributed by atoms with Crippen LogP contribution in [-0.4, -0.2) is 46.7 Å². The van der Waals surface area contributed by atoms with Gasteiger partial charge in [0, 0.05) is 31.2 Å². The minimum atomic E-state index is 0.0493. The average molecular weight is 277 g/mol. The SMILES string of the molecule is N/C(=N/O)c1ccc(CC(=O)N2CCC(CO)C2)cc1. The molecule has 1 saturated heterocycles. The van der Waals surface area contributed by atoms with E-state index in [0.717, 1.165) is 12.0 Å². The highest BCUT2D eigenvalue weighted by molar-refractivity contribution is 5.97. The van der Waals surface area contributed by atoms with Crippen molar-refractivity contribution in [3.63, 3.8) is 0 Å². The van der Waals surface area contributed by atoms with Crippen LogP contribution in [0.25, 0.3) is 0 Å². The van der Waals surface area contributed by atoms with Crippen LogP contribution in [0.4, 0.5) is 0 Å². The van der Waals surface area contributed by atoms with E-state index in [2.05, 4.69) is 5.16 Å². The number of nitrogens with zero attached hydrogens (tertiary/aromatic N) is 2. The molecule has 1 unspecified atom stereocenters. The van der Waals surface area contributed by atoms with Crippen molar-refractivity contribution in [1.29, 1.82) is 0 Å². The molecule has 1 aromatic rings. The first kappa shape index (κ1) is 14.3. The summed E-state index contributed by atoms with van der Waals surface area (Å²) in [6.45, 7) is 1.49. The second-order valence-corrected chi connectivity index (χ2v) is 5.04. The molecule has 6 nitrogen and oxygen atoms in total. The largest absolute Gasteiger partial charge is 0.409 e. The number of nitrogens with two attached hydrogens (primary N) is 1. The third-order valence-corrected chi connectivity index (χ3v) is 3.61. The van der Waals surface area contributed by atoms with Gasteiger partial charge >= 0.3 is 0 Å². The number of hydrogen-bond acceptors (Lipinski definition) is 4. The fourth-order valence-corrected chi connectivity index (χ4v) is 2.35. The first-order valence-corrected chi connectivity index (χ1v) is 6.59. The summed E-state index contributed by atoms with van der Waals surface area (Å²) in [7, 11) is 0. The van der Waals surface area contributed by atoms with Crippen LogP contribution in [0.3, 0.4) is 0 Å². The zero-order valence-corrected chi connectivity index (χ0v) is 11.2. The smallest absolute Gasteiger partial charge is 0.227 e. The molecule has 108 valence electrons. The molecular weight excluding hydrogens is 258 g/mol. The quantitative estimate of drug-likeness (QED) is 0.316. The Kier molecular flexibility index (Phi) is 4.57. The predicted molar refractivity (Wildman–Crippen MR) is 74.4 cm³/mol. The fraction of sp³-hybridized carbons (Fsp3) is 0.429. The van der Waals surface area contributed by atoms with Crippen molar-refractivity contribution in [2.24, 2.45) is 16.8 Å². The van der Waals surface area contributed by atoms with E-state index in [4.69, 9.17) is 16.0 Å². The van der Waals surface area contributed by atoms with Gasteiger partial charge in [-0.15, -0.1) is 0 Å². The number of benzene rings is 1. The van der Waals surface area contributed by atoms with Gasteiger partial charge in [0.1, 0.15) is 0 Å². The van der Waals surface area contributed by atoms with Gasteiger partial charge in [-0.25, -0.2) is 0 Å². The standard InChI is InChI=1S/C14H19N3O3/c15-14(16-20)12-3-1-10(2-4-12)7-13(19)17-6-5-11(8-17)9-18/h1-4,11,18,20H,5-9H2,(H2,15,16). The minimum absolute atomic E-state index is 0.0493. The van der Waals surface area contributed by atoms with Crippen LogP contribution in [0.2, 0.25) is 0 Å². The summed E-state index contributed by atoms with van der Waals surface area (Å²) >= 11 is 0. The van der Waals surface area contributed by atoms with Gasteiger partial charge in [-0.1, -0.05) is 29.4 Å². The lowest BCUT2D eigenvalue weighted by atomic mass is 10.1. The number of rotatable bonds is 4. The Morgan fingerprint density at radius 2 is 2.10 bits per heavy atom. The fourth-order valence-electron chi connectivity index (χ4n) is 2.35. The molecule has 1 heterocycles. The summed E-state index contributed by atoms with van der Waals surface area (Å²) in [4.78, 5) is 13.9. The number of hydrogen-bond donors (Lipinski definition) is 3. The number of carbonyl (C=O) groups is 1. The highest BCUT2D eigenvalue weighted by Gasteiger charge is 2.25. The highest BCUT2D eigenvalue weighted by Crippen LogP contribution is 2.17. The van der Waals surface area contributed by atoms with Crippen LogP contribution >= 0.6 is 0 Å². The van der Waals surface area contributed by atoms with Crippen molar-refractivity contribution in [2.45, 2.75) is 12.8 Å². The molecule has 0 aromatic heterocycles. The van der Waals surface area contributed by atoms with Gasteiger partial charge in [0.25, 0.3) is 0 Å². The topological polar surface area (TPSA) is 99.2 Å². The molecule has 1 amide bonds. The average Bonchev–Trinajstić information content (AvgIpc) is 2.96. The van der Waals surface area contributed by atoms with Crippen molar-refractivity contribution in [3.8, 4) is 0 Å². The maximum atomic E-state index is 12.1. The van der Waals surface area contributed by atoms with Gasteiger partial charge in [0.05, 0.1) is 6.42 Å². The second kappa shape index (κ2) is 6.38. The summed E-state index contributed by atoms with van der Waals surface area (Å²) < 4.78 is 0. The van der Waals surface area contributed by atoms with Crippen LogP contribution in [0.15, 0.2) is 29.4 Å². The number of likely N-dealkylation sites (tertiary alicyclic amines) is 1. The zero-order chi connectivity index (χ0) is 14.5. The van der Waals surface area contributed by atoms with E-state index in [-0.39, 0.29) is 24.3 Å². The first-order chi connectivity index (χ1) is 9.63.